The summed E-state index contributed by atoms with van der Waals surface area (Å²) in [6.07, 6.45) is 0. The van der Waals surface area contributed by atoms with Crippen LogP contribution in [-0.4, -0.2) is 39.3 Å². The molecule has 0 unspecified atom stereocenters. The summed E-state index contributed by atoms with van der Waals surface area (Å²) in [5.74, 6) is 0. The fourth-order valence-corrected chi connectivity index (χ4v) is 0.612. The van der Waals surface area contributed by atoms with Gasteiger partial charge in [0.05, 0.1) is 0 Å². The van der Waals surface area contributed by atoms with Crippen molar-refractivity contribution in [1.29, 1.82) is 0 Å². The summed E-state index contributed by atoms with van der Waals surface area (Å²) in [6.45, 7) is 0. The molecule has 0 aromatic rings. The first-order valence-electron chi connectivity index (χ1n) is 2.20. The van der Waals surface area contributed by atoms with E-state index >= 15 is 0 Å². The van der Waals surface area contributed by atoms with Crippen LogP contribution in [0.1, 0.15) is 0 Å². The molecule has 2 N–H and O–H groups in total. The zero-order valence-corrected chi connectivity index (χ0v) is 15.5. The fraction of sp³-hybridized carbons (Fsp3) is 0. The van der Waals surface area contributed by atoms with Crippen molar-refractivity contribution in [3.63, 3.8) is 0 Å². The Bertz CT molecular complexity index is 426. The molecule has 0 aliphatic heterocycles. The van der Waals surface area contributed by atoms with Gasteiger partial charge in [0.1, 0.15) is 0 Å². The Labute approximate surface area is 146 Å². The average molecular weight is 352 g/mol. The first-order chi connectivity index (χ1) is 6.21. The largest absolute Gasteiger partial charge is 1.00 e. The molecule has 0 saturated heterocycles. The van der Waals surface area contributed by atoms with Gasteiger partial charge in [0.25, 0.3) is 9.05 Å². The van der Waals surface area contributed by atoms with Gasteiger partial charge in [0.2, 0.25) is 20.8 Å². The molecule has 0 aromatic carbocycles. The molecular weight excluding hydrogens is 350 g/mol. The molecule has 0 aliphatic rings. The van der Waals surface area contributed by atoms with Gasteiger partial charge >= 0.3 is 59.1 Å². The van der Waals surface area contributed by atoms with Crippen molar-refractivity contribution in [3.05, 3.63) is 0 Å². The molecule has 0 radical (unpaired) electrons. The van der Waals surface area contributed by atoms with Crippen LogP contribution in [0.25, 0.3) is 0 Å². The molecule has 17 heavy (non-hydrogen) atoms. The van der Waals surface area contributed by atoms with Gasteiger partial charge in [-0.2, -0.15) is 4.21 Å². The molecule has 94 valence electrons. The van der Waals surface area contributed by atoms with Crippen LogP contribution in [0.5, 0.6) is 0 Å². The third-order valence-corrected chi connectivity index (χ3v) is 0.750. The molecule has 0 amide bonds. The van der Waals surface area contributed by atoms with Crippen LogP contribution < -0.4 is 59.1 Å². The van der Waals surface area contributed by atoms with Gasteiger partial charge in [-0.25, -0.2) is 16.8 Å². The Hall–Kier alpha value is 2.03. The fourth-order valence-electron chi connectivity index (χ4n) is 0.0680. The summed E-state index contributed by atoms with van der Waals surface area (Å²) in [5, 5.41) is 0. The van der Waals surface area contributed by atoms with Crippen LogP contribution in [0.4, 0.5) is 0 Å². The van der Waals surface area contributed by atoms with E-state index in [1.807, 2.05) is 0 Å². The summed E-state index contributed by atoms with van der Waals surface area (Å²) in [4.78, 5) is 0. The molecule has 17 heteroatoms. The normalized spacial score (nSPS) is 11.3. The van der Waals surface area contributed by atoms with E-state index in [0.29, 0.717) is 0 Å². The van der Waals surface area contributed by atoms with Gasteiger partial charge in [0, 0.05) is 11.2 Å². The van der Waals surface area contributed by atoms with Crippen LogP contribution in [0.2, 0.25) is 0 Å². The number of hydrogen-bond donors (Lipinski definition) is 2. The molecule has 0 bridgehead atoms. The monoisotopic (exact) mass is 352 g/mol. The van der Waals surface area contributed by atoms with Crippen molar-refractivity contribution >= 4 is 41.0 Å². The van der Waals surface area contributed by atoms with E-state index in [2.05, 4.69) is 19.9 Å². The summed E-state index contributed by atoms with van der Waals surface area (Å²) in [6, 6.07) is 0. The molecule has 0 saturated carbocycles. The van der Waals surface area contributed by atoms with Crippen LogP contribution in [0.3, 0.4) is 0 Å². The quantitative estimate of drug-likeness (QED) is 0.160. The molecule has 0 spiro atoms. The van der Waals surface area contributed by atoms with Gasteiger partial charge in [0.15, 0.2) is 0 Å². The molecule has 0 aliphatic carbocycles. The van der Waals surface area contributed by atoms with Gasteiger partial charge in [-0.15, -0.1) is 8.67 Å². The Morgan fingerprint density at radius 1 is 0.824 bits per heavy atom. The summed E-state index contributed by atoms with van der Waals surface area (Å²) in [7, 11) is -14.5. The minimum absolute atomic E-state index is 0. The second-order valence-corrected chi connectivity index (χ2v) is 5.50. The SMILES string of the molecule is O=S(=O)([O-])OOS(=O)(=O)[O-].O=S(O)(O)=S.[Na+].[Na+]. The van der Waals surface area contributed by atoms with E-state index in [9.17, 15) is 25.9 Å². The average Bonchev–Trinajstić information content (AvgIpc) is 1.76. The maximum atomic E-state index is 9.37. The molecular formula is H2Na2O11S4. The van der Waals surface area contributed by atoms with Crippen LogP contribution >= 0.6 is 0 Å². The molecule has 0 heterocycles. The van der Waals surface area contributed by atoms with Crippen molar-refractivity contribution in [2.24, 2.45) is 0 Å². The molecule has 11 nitrogen and oxygen atoms in total. The van der Waals surface area contributed by atoms with E-state index in [1.54, 1.807) is 0 Å². The number of hydrogen-bond acceptors (Lipinski definition) is 10. The Balaban J connectivity index is -0.000000105. The first kappa shape index (κ1) is 27.4. The van der Waals surface area contributed by atoms with Crippen LogP contribution in [-0.2, 0) is 49.7 Å². The minimum atomic E-state index is -5.31. The van der Waals surface area contributed by atoms with E-state index < -0.39 is 29.9 Å². The zero-order chi connectivity index (χ0) is 12.9. The third kappa shape index (κ3) is 56.8. The smallest absolute Gasteiger partial charge is 0.724 e. The van der Waals surface area contributed by atoms with Crippen molar-refractivity contribution in [2.75, 3.05) is 0 Å². The molecule has 0 rings (SSSR count). The van der Waals surface area contributed by atoms with E-state index in [1.165, 1.54) is 0 Å². The Kier molecular flexibility index (Phi) is 17.4. The zero-order valence-electron chi connectivity index (χ0n) is 8.20. The van der Waals surface area contributed by atoms with Gasteiger partial charge in [-0.05, 0) is 0 Å². The predicted octanol–water partition coefficient (Wildman–Crippen LogP) is -8.46. The van der Waals surface area contributed by atoms with E-state index in [-0.39, 0.29) is 59.1 Å². The summed E-state index contributed by atoms with van der Waals surface area (Å²) >= 11 is 3.47. The molecule has 0 atom stereocenters. The number of rotatable bonds is 3. The van der Waals surface area contributed by atoms with Crippen LogP contribution in [0.15, 0.2) is 0 Å². The summed E-state index contributed by atoms with van der Waals surface area (Å²) in [5.41, 5.74) is 0. The second kappa shape index (κ2) is 10.8. The third-order valence-electron chi connectivity index (χ3n) is 0.194. The van der Waals surface area contributed by atoms with Crippen molar-refractivity contribution in [1.82, 2.24) is 0 Å². The van der Waals surface area contributed by atoms with Crippen LogP contribution in [0, 0.1) is 0 Å². The Morgan fingerprint density at radius 2 is 0.941 bits per heavy atom. The van der Waals surface area contributed by atoms with E-state index in [0.717, 1.165) is 0 Å². The molecule has 0 fully saturated rings. The Morgan fingerprint density at radius 3 is 1.00 bits per heavy atom. The van der Waals surface area contributed by atoms with Crippen molar-refractivity contribution < 1.29 is 107 Å². The maximum Gasteiger partial charge on any atom is 1.00 e. The maximum absolute atomic E-state index is 9.37. The second-order valence-electron chi connectivity index (χ2n) is 1.40. The standard InChI is InChI=1S/2Na.H2O8S2.H2O3S2/c;;1-9(2,3)7-8-10(4,5)6;1-5(2,3)4/h;;(H,1,2,3)(H,4,5,6);(H2,1,2,3,4)/q2*+1;;/p-2. The summed E-state index contributed by atoms with van der Waals surface area (Å²) < 4.78 is 85.4. The minimum Gasteiger partial charge on any atom is -0.724 e. The molecule has 0 aromatic heterocycles. The van der Waals surface area contributed by atoms with Gasteiger partial charge < -0.3 is 9.11 Å². The topological polar surface area (TPSA) is 190 Å². The van der Waals surface area contributed by atoms with Crippen molar-refractivity contribution in [2.45, 2.75) is 0 Å². The predicted molar refractivity (Wildman–Crippen MR) is 42.3 cm³/mol. The van der Waals surface area contributed by atoms with Crippen molar-refractivity contribution in [3.8, 4) is 0 Å². The first-order valence-corrected chi connectivity index (χ1v) is 7.26. The van der Waals surface area contributed by atoms with Gasteiger partial charge in [-0.3, -0.25) is 9.11 Å². The van der Waals surface area contributed by atoms with E-state index in [4.69, 9.17) is 13.3 Å². The van der Waals surface area contributed by atoms with Gasteiger partial charge in [-0.1, -0.05) is 0 Å².